The van der Waals surface area contributed by atoms with Gasteiger partial charge in [-0.2, -0.15) is 5.10 Å². The number of aromatic nitrogens is 2. The number of hydrogen-bond donors (Lipinski definition) is 3. The molecule has 0 unspecified atom stereocenters. The van der Waals surface area contributed by atoms with Crippen LogP contribution in [0.25, 0.3) is 0 Å². The molecule has 3 N–H and O–H groups in total. The van der Waals surface area contributed by atoms with E-state index < -0.39 is 0 Å². The number of likely N-dealkylation sites (tertiary alicyclic amines) is 1. The first-order chi connectivity index (χ1) is 13.5. The van der Waals surface area contributed by atoms with Crippen LogP contribution in [0.1, 0.15) is 54.2 Å². The second kappa shape index (κ2) is 11.2. The lowest BCUT2D eigenvalue weighted by Crippen LogP contribution is -2.38. The van der Waals surface area contributed by atoms with Crippen LogP contribution < -0.4 is 5.32 Å². The lowest BCUT2D eigenvalue weighted by atomic mass is 9.96. The van der Waals surface area contributed by atoms with Crippen molar-refractivity contribution in [2.75, 3.05) is 19.6 Å². The molecule has 2 aromatic rings. The number of amides is 1. The van der Waals surface area contributed by atoms with Crippen LogP contribution in [0.3, 0.4) is 0 Å². The zero-order valence-corrected chi connectivity index (χ0v) is 16.6. The summed E-state index contributed by atoms with van der Waals surface area (Å²) in [6, 6.07) is 10.7. The van der Waals surface area contributed by atoms with E-state index in [1.165, 1.54) is 11.1 Å². The van der Waals surface area contributed by atoms with Crippen LogP contribution in [0, 0.1) is 5.92 Å². The molecule has 3 rings (SSSR count). The van der Waals surface area contributed by atoms with Crippen LogP contribution in [0.5, 0.6) is 0 Å². The number of carbonyl (C=O) groups is 2. The van der Waals surface area contributed by atoms with Crippen molar-refractivity contribution >= 4 is 12.4 Å². The molecule has 1 aliphatic heterocycles. The Bertz CT molecular complexity index is 706. The molecule has 7 nitrogen and oxygen atoms in total. The van der Waals surface area contributed by atoms with Crippen LogP contribution in [-0.4, -0.2) is 52.2 Å². The van der Waals surface area contributed by atoms with E-state index in [0.717, 1.165) is 39.0 Å². The smallest absolute Gasteiger partial charge is 0.290 e. The van der Waals surface area contributed by atoms with Gasteiger partial charge in [-0.15, -0.1) is 0 Å². The summed E-state index contributed by atoms with van der Waals surface area (Å²) in [7, 11) is 0. The van der Waals surface area contributed by atoms with Gasteiger partial charge >= 0.3 is 0 Å². The summed E-state index contributed by atoms with van der Waals surface area (Å²) >= 11 is 0. The van der Waals surface area contributed by atoms with Gasteiger partial charge in [0.2, 0.25) is 0 Å². The number of rotatable bonds is 6. The Morgan fingerprint density at radius 3 is 2.46 bits per heavy atom. The van der Waals surface area contributed by atoms with E-state index in [1.54, 1.807) is 12.3 Å². The predicted octanol–water partition coefficient (Wildman–Crippen LogP) is 2.88. The predicted molar refractivity (Wildman–Crippen MR) is 108 cm³/mol. The largest absolute Gasteiger partial charge is 0.483 e. The molecule has 0 aliphatic carbocycles. The SMILES string of the molecule is CC(C)c1ccc(CN2CCC(CNC(=O)c3ccn[nH]3)CC2)cc1.O=CO. The van der Waals surface area contributed by atoms with Gasteiger partial charge in [0.05, 0.1) is 0 Å². The Balaban J connectivity index is 0.000000878. The average Bonchev–Trinajstić information content (AvgIpc) is 3.23. The molecule has 0 spiro atoms. The Kier molecular flexibility index (Phi) is 8.68. The molecular formula is C21H30N4O3. The van der Waals surface area contributed by atoms with Crippen LogP contribution in [0.15, 0.2) is 36.5 Å². The number of carbonyl (C=O) groups excluding carboxylic acids is 1. The van der Waals surface area contributed by atoms with Gasteiger partial charge in [0.1, 0.15) is 5.69 Å². The van der Waals surface area contributed by atoms with E-state index in [0.29, 0.717) is 17.5 Å². The van der Waals surface area contributed by atoms with Crippen LogP contribution >= 0.6 is 0 Å². The summed E-state index contributed by atoms with van der Waals surface area (Å²) in [5.74, 6) is 1.08. The fourth-order valence-electron chi connectivity index (χ4n) is 3.33. The summed E-state index contributed by atoms with van der Waals surface area (Å²) in [5.41, 5.74) is 3.31. The molecular weight excluding hydrogens is 356 g/mol. The van der Waals surface area contributed by atoms with Crippen molar-refractivity contribution in [2.45, 2.75) is 39.2 Å². The molecule has 1 aliphatic rings. The van der Waals surface area contributed by atoms with Crippen molar-refractivity contribution in [1.29, 1.82) is 0 Å². The van der Waals surface area contributed by atoms with Gasteiger partial charge in [0.15, 0.2) is 0 Å². The highest BCUT2D eigenvalue weighted by Crippen LogP contribution is 2.20. The molecule has 1 aromatic carbocycles. The highest BCUT2D eigenvalue weighted by Gasteiger charge is 2.20. The first-order valence-corrected chi connectivity index (χ1v) is 9.70. The number of hydrogen-bond acceptors (Lipinski definition) is 4. The molecule has 1 saturated heterocycles. The van der Waals surface area contributed by atoms with Gasteiger partial charge in [-0.3, -0.25) is 19.6 Å². The number of nitrogens with zero attached hydrogens (tertiary/aromatic N) is 2. The van der Waals surface area contributed by atoms with Gasteiger partial charge in [-0.1, -0.05) is 38.1 Å². The van der Waals surface area contributed by atoms with Gasteiger partial charge in [0, 0.05) is 19.3 Å². The molecule has 152 valence electrons. The highest BCUT2D eigenvalue weighted by molar-refractivity contribution is 5.92. The third-order valence-electron chi connectivity index (χ3n) is 5.06. The van der Waals surface area contributed by atoms with Crippen molar-refractivity contribution in [3.05, 3.63) is 53.3 Å². The van der Waals surface area contributed by atoms with Gasteiger partial charge in [-0.25, -0.2) is 0 Å². The molecule has 0 atom stereocenters. The molecule has 1 aromatic heterocycles. The number of carboxylic acid groups (broad SMARTS) is 1. The number of H-pyrrole nitrogens is 1. The Hall–Kier alpha value is -2.67. The number of piperidine rings is 1. The van der Waals surface area contributed by atoms with Gasteiger partial charge < -0.3 is 10.4 Å². The number of nitrogens with one attached hydrogen (secondary N) is 2. The second-order valence-corrected chi connectivity index (χ2v) is 7.40. The zero-order valence-electron chi connectivity index (χ0n) is 16.6. The molecule has 0 saturated carbocycles. The van der Waals surface area contributed by atoms with E-state index in [4.69, 9.17) is 9.90 Å². The third-order valence-corrected chi connectivity index (χ3v) is 5.06. The molecule has 0 radical (unpaired) electrons. The number of benzene rings is 1. The molecule has 1 amide bonds. The van der Waals surface area contributed by atoms with E-state index in [2.05, 4.69) is 58.5 Å². The number of aromatic amines is 1. The second-order valence-electron chi connectivity index (χ2n) is 7.40. The van der Waals surface area contributed by atoms with Crippen molar-refractivity contribution < 1.29 is 14.7 Å². The Morgan fingerprint density at radius 1 is 1.29 bits per heavy atom. The minimum absolute atomic E-state index is 0.0647. The molecule has 7 heteroatoms. The quantitative estimate of drug-likeness (QED) is 0.663. The van der Waals surface area contributed by atoms with Crippen LogP contribution in [0.2, 0.25) is 0 Å². The molecule has 2 heterocycles. The minimum atomic E-state index is -0.250. The summed E-state index contributed by atoms with van der Waals surface area (Å²) in [4.78, 5) is 22.8. The topological polar surface area (TPSA) is 98.3 Å². The van der Waals surface area contributed by atoms with E-state index in [1.807, 2.05) is 0 Å². The van der Waals surface area contributed by atoms with Crippen molar-refractivity contribution in [3.8, 4) is 0 Å². The fourth-order valence-corrected chi connectivity index (χ4v) is 3.33. The fraction of sp³-hybridized carbons (Fsp3) is 0.476. The van der Waals surface area contributed by atoms with E-state index in [9.17, 15) is 4.79 Å². The average molecular weight is 386 g/mol. The molecule has 1 fully saturated rings. The summed E-state index contributed by atoms with van der Waals surface area (Å²) < 4.78 is 0. The summed E-state index contributed by atoms with van der Waals surface area (Å²) in [5, 5.41) is 16.4. The minimum Gasteiger partial charge on any atom is -0.483 e. The maximum atomic E-state index is 11.9. The van der Waals surface area contributed by atoms with E-state index >= 15 is 0 Å². The van der Waals surface area contributed by atoms with Crippen molar-refractivity contribution in [3.63, 3.8) is 0 Å². The molecule has 28 heavy (non-hydrogen) atoms. The summed E-state index contributed by atoms with van der Waals surface area (Å²) in [6.45, 7) is 8.16. The van der Waals surface area contributed by atoms with Crippen LogP contribution in [0.4, 0.5) is 0 Å². The standard InChI is InChI=1S/C20H28N4O.CH2O2/c1-15(2)18-5-3-17(4-6-18)14-24-11-8-16(9-12-24)13-21-20(25)19-7-10-22-23-19;2-1-3/h3-7,10,15-16H,8-9,11-14H2,1-2H3,(H,21,25)(H,22,23);1H,(H,2,3). The lowest BCUT2D eigenvalue weighted by molar-refractivity contribution is -0.122. The monoisotopic (exact) mass is 386 g/mol. The van der Waals surface area contributed by atoms with Crippen molar-refractivity contribution in [1.82, 2.24) is 20.4 Å². The van der Waals surface area contributed by atoms with Gasteiger partial charge in [-0.05, 0) is 55.0 Å². The van der Waals surface area contributed by atoms with Crippen molar-refractivity contribution in [2.24, 2.45) is 5.92 Å². The highest BCUT2D eigenvalue weighted by atomic mass is 16.3. The lowest BCUT2D eigenvalue weighted by Gasteiger charge is -2.32. The molecule has 0 bridgehead atoms. The third kappa shape index (κ3) is 6.81. The Labute approximate surface area is 166 Å². The van der Waals surface area contributed by atoms with Gasteiger partial charge in [0.25, 0.3) is 12.4 Å². The first kappa shape index (κ1) is 21.6. The summed E-state index contributed by atoms with van der Waals surface area (Å²) in [6.07, 6.45) is 3.86. The first-order valence-electron chi connectivity index (χ1n) is 9.70. The van der Waals surface area contributed by atoms with E-state index in [-0.39, 0.29) is 12.4 Å². The maximum absolute atomic E-state index is 11.9. The maximum Gasteiger partial charge on any atom is 0.290 e. The zero-order chi connectivity index (χ0) is 20.4. The van der Waals surface area contributed by atoms with Crippen LogP contribution in [-0.2, 0) is 11.3 Å². The Morgan fingerprint density at radius 2 is 1.93 bits per heavy atom. The normalized spacial score (nSPS) is 15.0.